The number of aliphatic carboxylic acids is 1. The maximum Gasteiger partial charge on any atom is 0.319 e. The number of benzene rings is 1. The molecule has 0 aliphatic rings. The van der Waals surface area contributed by atoms with E-state index in [1.807, 2.05) is 32.0 Å². The first kappa shape index (κ1) is 20.8. The number of rotatable bonds is 7. The molecule has 0 radical (unpaired) electrons. The maximum atomic E-state index is 12.4. The van der Waals surface area contributed by atoms with Gasteiger partial charge in [-0.1, -0.05) is 37.6 Å². The van der Waals surface area contributed by atoms with E-state index in [4.69, 9.17) is 16.7 Å². The molecular formula is C19H25ClN4O3. The normalized spacial score (nSPS) is 11.5. The lowest BCUT2D eigenvalue weighted by atomic mass is 9.99. The Balaban J connectivity index is 2.21. The van der Waals surface area contributed by atoms with E-state index < -0.39 is 17.5 Å². The summed E-state index contributed by atoms with van der Waals surface area (Å²) < 4.78 is 1.72. The number of carbonyl (C=O) groups is 2. The third-order valence-corrected chi connectivity index (χ3v) is 4.42. The molecule has 7 nitrogen and oxygen atoms in total. The van der Waals surface area contributed by atoms with Gasteiger partial charge in [-0.05, 0) is 38.3 Å². The number of anilines is 1. The Bertz CT molecular complexity index is 830. The molecule has 0 atom stereocenters. The molecule has 146 valence electrons. The fraction of sp³-hybridized carbons (Fsp3) is 0.421. The van der Waals surface area contributed by atoms with Crippen molar-refractivity contribution in [1.29, 1.82) is 0 Å². The maximum absolute atomic E-state index is 12.4. The average Bonchev–Trinajstić information content (AvgIpc) is 2.96. The standard InChI is InChI=1S/C19H25ClN4O3/c1-12(2)17-14(11-21-24(17)15-8-6-5-7-13(15)20)22-18(27)23-19(3,4)10-9-16(25)26/h5-8,11-12H,9-10H2,1-4H3,(H,25,26)(H2,22,23,27). The number of nitrogens with zero attached hydrogens (tertiary/aromatic N) is 2. The van der Waals surface area contributed by atoms with Crippen molar-refractivity contribution in [3.05, 3.63) is 41.2 Å². The van der Waals surface area contributed by atoms with Crippen molar-refractivity contribution in [1.82, 2.24) is 15.1 Å². The highest BCUT2D eigenvalue weighted by molar-refractivity contribution is 6.32. The quantitative estimate of drug-likeness (QED) is 0.650. The van der Waals surface area contributed by atoms with Gasteiger partial charge in [-0.25, -0.2) is 9.48 Å². The van der Waals surface area contributed by atoms with Crippen molar-refractivity contribution < 1.29 is 14.7 Å². The SMILES string of the molecule is CC(C)c1c(NC(=O)NC(C)(C)CCC(=O)O)cnn1-c1ccccc1Cl. The lowest BCUT2D eigenvalue weighted by molar-refractivity contribution is -0.137. The van der Waals surface area contributed by atoms with Crippen LogP contribution in [-0.2, 0) is 4.79 Å². The lowest BCUT2D eigenvalue weighted by Crippen LogP contribution is -2.45. The summed E-state index contributed by atoms with van der Waals surface area (Å²) in [5, 5.41) is 19.4. The van der Waals surface area contributed by atoms with Gasteiger partial charge in [0.15, 0.2) is 0 Å². The molecule has 0 saturated carbocycles. The van der Waals surface area contributed by atoms with Gasteiger partial charge >= 0.3 is 12.0 Å². The van der Waals surface area contributed by atoms with Crippen molar-refractivity contribution in [3.63, 3.8) is 0 Å². The minimum Gasteiger partial charge on any atom is -0.481 e. The van der Waals surface area contributed by atoms with Crippen molar-refractivity contribution >= 4 is 29.3 Å². The fourth-order valence-electron chi connectivity index (χ4n) is 2.77. The zero-order chi connectivity index (χ0) is 20.2. The number of hydrogen-bond acceptors (Lipinski definition) is 3. The number of urea groups is 1. The number of para-hydroxylation sites is 1. The van der Waals surface area contributed by atoms with E-state index in [1.165, 1.54) is 0 Å². The van der Waals surface area contributed by atoms with Crippen LogP contribution in [0.1, 0.15) is 52.1 Å². The summed E-state index contributed by atoms with van der Waals surface area (Å²) in [4.78, 5) is 23.2. The van der Waals surface area contributed by atoms with E-state index >= 15 is 0 Å². The summed E-state index contributed by atoms with van der Waals surface area (Å²) in [6, 6.07) is 6.95. The number of halogens is 1. The largest absolute Gasteiger partial charge is 0.481 e. The zero-order valence-corrected chi connectivity index (χ0v) is 16.7. The van der Waals surface area contributed by atoms with Crippen molar-refractivity contribution in [2.75, 3.05) is 5.32 Å². The van der Waals surface area contributed by atoms with E-state index in [0.29, 0.717) is 17.1 Å². The van der Waals surface area contributed by atoms with E-state index in [9.17, 15) is 9.59 Å². The van der Waals surface area contributed by atoms with Crippen LogP contribution in [0.3, 0.4) is 0 Å². The van der Waals surface area contributed by atoms with E-state index in [2.05, 4.69) is 15.7 Å². The summed E-state index contributed by atoms with van der Waals surface area (Å²) in [5.74, 6) is -0.813. The molecule has 8 heteroatoms. The van der Waals surface area contributed by atoms with Gasteiger partial charge in [0.25, 0.3) is 0 Å². The molecule has 1 aromatic heterocycles. The number of hydrogen-bond donors (Lipinski definition) is 3. The number of carboxylic acids is 1. The molecule has 27 heavy (non-hydrogen) atoms. The third kappa shape index (κ3) is 5.47. The Morgan fingerprint density at radius 1 is 1.30 bits per heavy atom. The van der Waals surface area contributed by atoms with Crippen LogP contribution in [0.25, 0.3) is 5.69 Å². The van der Waals surface area contributed by atoms with Crippen LogP contribution in [0, 0.1) is 0 Å². The Morgan fingerprint density at radius 2 is 1.96 bits per heavy atom. The van der Waals surface area contributed by atoms with Crippen molar-refractivity contribution in [3.8, 4) is 5.69 Å². The molecule has 0 aliphatic heterocycles. The van der Waals surface area contributed by atoms with E-state index in [1.54, 1.807) is 30.8 Å². The molecule has 0 saturated heterocycles. The molecule has 2 aromatic rings. The molecule has 0 fully saturated rings. The van der Waals surface area contributed by atoms with Gasteiger partial charge in [0, 0.05) is 12.0 Å². The zero-order valence-electron chi connectivity index (χ0n) is 15.9. The molecule has 0 aliphatic carbocycles. The van der Waals surface area contributed by atoms with E-state index in [-0.39, 0.29) is 12.3 Å². The Kier molecular flexibility index (Phi) is 6.49. The summed E-state index contributed by atoms with van der Waals surface area (Å²) in [7, 11) is 0. The number of amides is 2. The third-order valence-electron chi connectivity index (χ3n) is 4.10. The molecule has 0 unspecified atom stereocenters. The number of nitrogens with one attached hydrogen (secondary N) is 2. The number of aromatic nitrogens is 2. The first-order valence-electron chi connectivity index (χ1n) is 8.74. The van der Waals surface area contributed by atoms with Crippen molar-refractivity contribution in [2.24, 2.45) is 0 Å². The molecule has 2 amide bonds. The Morgan fingerprint density at radius 3 is 2.56 bits per heavy atom. The van der Waals surface area contributed by atoms with Gasteiger partial charge < -0.3 is 15.7 Å². The number of carbonyl (C=O) groups excluding carboxylic acids is 1. The minimum absolute atomic E-state index is 0.0189. The predicted molar refractivity (Wildman–Crippen MR) is 106 cm³/mol. The Hall–Kier alpha value is -2.54. The van der Waals surface area contributed by atoms with Gasteiger partial charge in [0.1, 0.15) is 0 Å². The van der Waals surface area contributed by atoms with Crippen LogP contribution >= 0.6 is 11.6 Å². The molecule has 0 bridgehead atoms. The van der Waals surface area contributed by atoms with Gasteiger partial charge in [-0.3, -0.25) is 4.79 Å². The van der Waals surface area contributed by atoms with Crippen LogP contribution in [0.15, 0.2) is 30.5 Å². The summed E-state index contributed by atoms with van der Waals surface area (Å²) in [6.45, 7) is 7.58. The van der Waals surface area contributed by atoms with Crippen LogP contribution in [0.4, 0.5) is 10.5 Å². The van der Waals surface area contributed by atoms with Gasteiger partial charge in [0.2, 0.25) is 0 Å². The summed E-state index contributed by atoms with van der Waals surface area (Å²) >= 11 is 6.29. The molecule has 2 rings (SSSR count). The lowest BCUT2D eigenvalue weighted by Gasteiger charge is -2.25. The van der Waals surface area contributed by atoms with Gasteiger partial charge in [0.05, 0.1) is 28.3 Å². The second kappa shape index (κ2) is 8.43. The highest BCUT2D eigenvalue weighted by atomic mass is 35.5. The minimum atomic E-state index is -0.895. The van der Waals surface area contributed by atoms with Crippen LogP contribution in [0.5, 0.6) is 0 Å². The van der Waals surface area contributed by atoms with Gasteiger partial charge in [-0.15, -0.1) is 0 Å². The second-order valence-corrected chi connectivity index (χ2v) is 7.73. The first-order chi connectivity index (χ1) is 12.6. The highest BCUT2D eigenvalue weighted by Crippen LogP contribution is 2.29. The summed E-state index contributed by atoms with van der Waals surface area (Å²) in [5.41, 5.74) is 1.48. The van der Waals surface area contributed by atoms with Crippen LogP contribution < -0.4 is 10.6 Å². The van der Waals surface area contributed by atoms with Crippen LogP contribution in [-0.4, -0.2) is 32.4 Å². The molecule has 0 spiro atoms. The smallest absolute Gasteiger partial charge is 0.319 e. The molecule has 1 aromatic carbocycles. The molecule has 1 heterocycles. The predicted octanol–water partition coefficient (Wildman–Crippen LogP) is 4.41. The van der Waals surface area contributed by atoms with Gasteiger partial charge in [-0.2, -0.15) is 5.10 Å². The first-order valence-corrected chi connectivity index (χ1v) is 9.12. The monoisotopic (exact) mass is 392 g/mol. The second-order valence-electron chi connectivity index (χ2n) is 7.32. The highest BCUT2D eigenvalue weighted by Gasteiger charge is 2.24. The molecular weight excluding hydrogens is 368 g/mol. The summed E-state index contributed by atoms with van der Waals surface area (Å²) in [6.07, 6.45) is 1.89. The van der Waals surface area contributed by atoms with E-state index in [0.717, 1.165) is 11.4 Å². The topological polar surface area (TPSA) is 96.2 Å². The van der Waals surface area contributed by atoms with Crippen LogP contribution in [0.2, 0.25) is 5.02 Å². The number of carboxylic acid groups (broad SMARTS) is 1. The molecule has 3 N–H and O–H groups in total. The Labute approximate surface area is 163 Å². The fourth-order valence-corrected chi connectivity index (χ4v) is 2.98. The average molecular weight is 393 g/mol. The van der Waals surface area contributed by atoms with Crippen molar-refractivity contribution in [2.45, 2.75) is 52.0 Å².